The molecule has 0 radical (unpaired) electrons. The van der Waals surface area contributed by atoms with Crippen molar-refractivity contribution in [3.63, 3.8) is 0 Å². The molecule has 2 aromatic rings. The third-order valence-electron chi connectivity index (χ3n) is 2.92. The molecule has 0 atom stereocenters. The molecule has 104 valence electrons. The fourth-order valence-electron chi connectivity index (χ4n) is 1.92. The molecule has 0 spiro atoms. The average molecular weight is 291 g/mol. The van der Waals surface area contributed by atoms with Crippen molar-refractivity contribution in [3.8, 4) is 11.5 Å². The van der Waals surface area contributed by atoms with Gasteiger partial charge >= 0.3 is 0 Å². The van der Waals surface area contributed by atoms with E-state index in [0.717, 1.165) is 23.2 Å². The van der Waals surface area contributed by atoms with Gasteiger partial charge < -0.3 is 9.47 Å². The Kier molecular flexibility index (Phi) is 4.64. The summed E-state index contributed by atoms with van der Waals surface area (Å²) in [6, 6.07) is 10.8. The van der Waals surface area contributed by atoms with E-state index in [0.29, 0.717) is 22.9 Å². The number of hydrogen-bond donors (Lipinski definition) is 0. The van der Waals surface area contributed by atoms with Gasteiger partial charge in [-0.15, -0.1) is 0 Å². The first-order valence-electron chi connectivity index (χ1n) is 6.15. The van der Waals surface area contributed by atoms with Crippen LogP contribution >= 0.6 is 11.6 Å². The number of rotatable bonds is 5. The van der Waals surface area contributed by atoms with Crippen LogP contribution in [0.2, 0.25) is 5.02 Å². The standard InChI is InChI=1S/C16H15ClO3/c1-11-3-5-15(19-2)13(7-11)10-20-16-6-4-14(17)8-12(16)9-18/h3-9H,10H2,1-2H3. The summed E-state index contributed by atoms with van der Waals surface area (Å²) < 4.78 is 11.0. The Morgan fingerprint density at radius 3 is 2.60 bits per heavy atom. The number of methoxy groups -OCH3 is 1. The second-order valence-electron chi connectivity index (χ2n) is 4.40. The van der Waals surface area contributed by atoms with E-state index in [1.54, 1.807) is 25.3 Å². The summed E-state index contributed by atoms with van der Waals surface area (Å²) in [5.41, 5.74) is 2.49. The minimum atomic E-state index is 0.327. The van der Waals surface area contributed by atoms with Crippen LogP contribution in [0, 0.1) is 6.92 Å². The fraction of sp³-hybridized carbons (Fsp3) is 0.188. The molecule has 4 heteroatoms. The van der Waals surface area contributed by atoms with Crippen LogP contribution in [0.25, 0.3) is 0 Å². The molecule has 0 aliphatic rings. The van der Waals surface area contributed by atoms with Crippen LogP contribution in [0.5, 0.6) is 11.5 Å². The third kappa shape index (κ3) is 3.31. The summed E-state index contributed by atoms with van der Waals surface area (Å²) in [5.74, 6) is 1.27. The first-order chi connectivity index (χ1) is 9.63. The smallest absolute Gasteiger partial charge is 0.153 e. The van der Waals surface area contributed by atoms with Crippen LogP contribution in [0.4, 0.5) is 0 Å². The van der Waals surface area contributed by atoms with Crippen LogP contribution < -0.4 is 9.47 Å². The Hall–Kier alpha value is -2.00. The predicted molar refractivity (Wildman–Crippen MR) is 78.9 cm³/mol. The molecular formula is C16H15ClO3. The van der Waals surface area contributed by atoms with Crippen molar-refractivity contribution in [3.05, 3.63) is 58.1 Å². The molecule has 0 bridgehead atoms. The Morgan fingerprint density at radius 1 is 1.15 bits per heavy atom. The van der Waals surface area contributed by atoms with Gasteiger partial charge in [-0.3, -0.25) is 4.79 Å². The highest BCUT2D eigenvalue weighted by molar-refractivity contribution is 6.30. The minimum absolute atomic E-state index is 0.327. The quantitative estimate of drug-likeness (QED) is 0.779. The van der Waals surface area contributed by atoms with E-state index in [1.807, 2.05) is 25.1 Å². The largest absolute Gasteiger partial charge is 0.496 e. The highest BCUT2D eigenvalue weighted by Crippen LogP contribution is 2.25. The minimum Gasteiger partial charge on any atom is -0.496 e. The van der Waals surface area contributed by atoms with Gasteiger partial charge in [0.15, 0.2) is 6.29 Å². The number of carbonyl (C=O) groups is 1. The van der Waals surface area contributed by atoms with Gasteiger partial charge in [0, 0.05) is 10.6 Å². The second-order valence-corrected chi connectivity index (χ2v) is 4.84. The monoisotopic (exact) mass is 290 g/mol. The number of halogens is 1. The molecule has 0 amide bonds. The van der Waals surface area contributed by atoms with E-state index in [-0.39, 0.29) is 0 Å². The van der Waals surface area contributed by atoms with E-state index in [1.165, 1.54) is 0 Å². The Labute approximate surface area is 123 Å². The van der Waals surface area contributed by atoms with Gasteiger partial charge in [0.25, 0.3) is 0 Å². The molecule has 0 aliphatic heterocycles. The van der Waals surface area contributed by atoms with Gasteiger partial charge in [-0.1, -0.05) is 23.2 Å². The van der Waals surface area contributed by atoms with Crippen LogP contribution in [0.15, 0.2) is 36.4 Å². The van der Waals surface area contributed by atoms with Crippen LogP contribution in [-0.4, -0.2) is 13.4 Å². The topological polar surface area (TPSA) is 35.5 Å². The van der Waals surface area contributed by atoms with Crippen molar-refractivity contribution < 1.29 is 14.3 Å². The third-order valence-corrected chi connectivity index (χ3v) is 3.15. The van der Waals surface area contributed by atoms with Gasteiger partial charge in [0.1, 0.15) is 18.1 Å². The maximum absolute atomic E-state index is 11.0. The van der Waals surface area contributed by atoms with Crippen molar-refractivity contribution in [2.24, 2.45) is 0 Å². The molecule has 0 fully saturated rings. The van der Waals surface area contributed by atoms with E-state index in [4.69, 9.17) is 21.1 Å². The van der Waals surface area contributed by atoms with Crippen molar-refractivity contribution in [1.82, 2.24) is 0 Å². The van der Waals surface area contributed by atoms with Crippen molar-refractivity contribution in [2.45, 2.75) is 13.5 Å². The lowest BCUT2D eigenvalue weighted by Crippen LogP contribution is -2.01. The zero-order valence-electron chi connectivity index (χ0n) is 11.4. The Morgan fingerprint density at radius 2 is 1.90 bits per heavy atom. The number of carbonyl (C=O) groups excluding carboxylic acids is 1. The number of benzene rings is 2. The molecule has 2 rings (SSSR count). The molecule has 0 aliphatic carbocycles. The highest BCUT2D eigenvalue weighted by Gasteiger charge is 2.07. The molecule has 0 heterocycles. The number of aryl methyl sites for hydroxylation is 1. The lowest BCUT2D eigenvalue weighted by molar-refractivity contribution is 0.111. The van der Waals surface area contributed by atoms with E-state index in [2.05, 4.69) is 0 Å². The first-order valence-corrected chi connectivity index (χ1v) is 6.53. The molecule has 0 N–H and O–H groups in total. The maximum atomic E-state index is 11.0. The molecule has 20 heavy (non-hydrogen) atoms. The lowest BCUT2D eigenvalue weighted by atomic mass is 10.1. The molecule has 0 saturated carbocycles. The number of hydrogen-bond acceptors (Lipinski definition) is 3. The van der Waals surface area contributed by atoms with Crippen LogP contribution in [-0.2, 0) is 6.61 Å². The van der Waals surface area contributed by atoms with Crippen molar-refractivity contribution >= 4 is 17.9 Å². The number of ether oxygens (including phenoxy) is 2. The summed E-state index contributed by atoms with van der Waals surface area (Å²) in [6.45, 7) is 2.33. The van der Waals surface area contributed by atoms with Crippen molar-refractivity contribution in [1.29, 1.82) is 0 Å². The average Bonchev–Trinajstić information content (AvgIpc) is 2.46. The summed E-state index contributed by atoms with van der Waals surface area (Å²) in [6.07, 6.45) is 0.731. The normalized spacial score (nSPS) is 10.2. The highest BCUT2D eigenvalue weighted by atomic mass is 35.5. The van der Waals surface area contributed by atoms with Gasteiger partial charge in [-0.05, 0) is 37.3 Å². The molecule has 2 aromatic carbocycles. The summed E-state index contributed by atoms with van der Waals surface area (Å²) >= 11 is 5.85. The van der Waals surface area contributed by atoms with Gasteiger partial charge in [-0.2, -0.15) is 0 Å². The molecular weight excluding hydrogens is 276 g/mol. The van der Waals surface area contributed by atoms with Crippen LogP contribution in [0.3, 0.4) is 0 Å². The second kappa shape index (κ2) is 6.44. The van der Waals surface area contributed by atoms with Gasteiger partial charge in [-0.25, -0.2) is 0 Å². The van der Waals surface area contributed by atoms with Crippen LogP contribution in [0.1, 0.15) is 21.5 Å². The molecule has 0 saturated heterocycles. The Bertz CT molecular complexity index is 623. The Balaban J connectivity index is 2.20. The SMILES string of the molecule is COc1ccc(C)cc1COc1ccc(Cl)cc1C=O. The first kappa shape index (κ1) is 14.4. The van der Waals surface area contributed by atoms with Crippen molar-refractivity contribution in [2.75, 3.05) is 7.11 Å². The summed E-state index contributed by atoms with van der Waals surface area (Å²) in [7, 11) is 1.62. The predicted octanol–water partition coefficient (Wildman–Crippen LogP) is 4.05. The zero-order chi connectivity index (χ0) is 14.5. The summed E-state index contributed by atoms with van der Waals surface area (Å²) in [5, 5.41) is 0.507. The lowest BCUT2D eigenvalue weighted by Gasteiger charge is -2.12. The van der Waals surface area contributed by atoms with E-state index in [9.17, 15) is 4.79 Å². The molecule has 0 aromatic heterocycles. The fourth-order valence-corrected chi connectivity index (χ4v) is 2.10. The molecule has 3 nitrogen and oxygen atoms in total. The maximum Gasteiger partial charge on any atom is 0.153 e. The molecule has 0 unspecified atom stereocenters. The van der Waals surface area contributed by atoms with E-state index >= 15 is 0 Å². The van der Waals surface area contributed by atoms with Gasteiger partial charge in [0.2, 0.25) is 0 Å². The van der Waals surface area contributed by atoms with E-state index < -0.39 is 0 Å². The van der Waals surface area contributed by atoms with Gasteiger partial charge in [0.05, 0.1) is 12.7 Å². The number of aldehydes is 1. The zero-order valence-corrected chi connectivity index (χ0v) is 12.1. The summed E-state index contributed by atoms with van der Waals surface area (Å²) in [4.78, 5) is 11.0.